The largest absolute Gasteiger partial charge is 0.480 e. The van der Waals surface area contributed by atoms with Gasteiger partial charge in [-0.25, -0.2) is 14.3 Å². The van der Waals surface area contributed by atoms with Crippen molar-refractivity contribution in [2.24, 2.45) is 5.92 Å². The zero-order valence-electron chi connectivity index (χ0n) is 15.1. The number of nitrogens with one attached hydrogen (secondary N) is 2. The molecule has 0 unspecified atom stereocenters. The summed E-state index contributed by atoms with van der Waals surface area (Å²) in [5, 5.41) is 18.0. The zero-order valence-corrected chi connectivity index (χ0v) is 15.1. The summed E-state index contributed by atoms with van der Waals surface area (Å²) in [6.45, 7) is 6.96. The van der Waals surface area contributed by atoms with E-state index >= 15 is 0 Å². The van der Waals surface area contributed by atoms with Crippen LogP contribution in [0.1, 0.15) is 42.3 Å². The van der Waals surface area contributed by atoms with Crippen LogP contribution in [-0.4, -0.2) is 55.1 Å². The number of carbonyl (C=O) groups is 3. The Labute approximate surface area is 150 Å². The lowest BCUT2D eigenvalue weighted by Gasteiger charge is -2.16. The number of aryl methyl sites for hydroxylation is 2. The van der Waals surface area contributed by atoms with E-state index in [-0.39, 0.29) is 18.3 Å². The molecule has 2 amide bonds. The highest BCUT2D eigenvalue weighted by Crippen LogP contribution is 2.06. The summed E-state index contributed by atoms with van der Waals surface area (Å²) in [6, 6.07) is 0.806. The molecule has 10 heteroatoms. The summed E-state index contributed by atoms with van der Waals surface area (Å²) < 4.78 is 1.44. The van der Waals surface area contributed by atoms with E-state index in [2.05, 4.69) is 25.7 Å². The van der Waals surface area contributed by atoms with Crippen LogP contribution in [0, 0.1) is 19.8 Å². The van der Waals surface area contributed by atoms with Crippen LogP contribution in [0.3, 0.4) is 0 Å². The number of carbonyl (C=O) groups excluding carboxylic acids is 2. The Morgan fingerprint density at radius 1 is 1.23 bits per heavy atom. The summed E-state index contributed by atoms with van der Waals surface area (Å²) in [4.78, 5) is 43.4. The molecular formula is C16H22N6O4. The summed E-state index contributed by atoms with van der Waals surface area (Å²) in [6.07, 6.45) is 0.299. The quantitative estimate of drug-likeness (QED) is 0.634. The number of hydrogen-bond acceptors (Lipinski definition) is 6. The molecule has 0 aliphatic carbocycles. The van der Waals surface area contributed by atoms with Gasteiger partial charge in [-0.2, -0.15) is 4.98 Å². The molecule has 0 aliphatic rings. The van der Waals surface area contributed by atoms with Gasteiger partial charge in [0.25, 0.3) is 11.7 Å². The van der Waals surface area contributed by atoms with Crippen LogP contribution in [0.2, 0.25) is 0 Å². The molecule has 0 saturated carbocycles. The average molecular weight is 362 g/mol. The van der Waals surface area contributed by atoms with Gasteiger partial charge in [0.2, 0.25) is 11.7 Å². The van der Waals surface area contributed by atoms with E-state index in [0.29, 0.717) is 12.2 Å². The lowest BCUT2D eigenvalue weighted by atomic mass is 10.0. The monoisotopic (exact) mass is 362 g/mol. The molecule has 2 aromatic heterocycles. The minimum Gasteiger partial charge on any atom is -0.480 e. The smallest absolute Gasteiger partial charge is 0.326 e. The van der Waals surface area contributed by atoms with Gasteiger partial charge < -0.3 is 15.7 Å². The van der Waals surface area contributed by atoms with Crippen molar-refractivity contribution >= 4 is 23.6 Å². The molecule has 2 aromatic rings. The Bertz CT molecular complexity index is 845. The van der Waals surface area contributed by atoms with Gasteiger partial charge >= 0.3 is 5.97 Å². The maximum Gasteiger partial charge on any atom is 0.326 e. The molecule has 0 spiro atoms. The van der Waals surface area contributed by atoms with E-state index in [1.165, 1.54) is 4.52 Å². The van der Waals surface area contributed by atoms with Gasteiger partial charge in [-0.3, -0.25) is 9.59 Å². The number of aliphatic carboxylic acids is 1. The molecule has 0 radical (unpaired) electrons. The molecule has 3 N–H and O–H groups in total. The van der Waals surface area contributed by atoms with Crippen molar-refractivity contribution in [1.29, 1.82) is 0 Å². The number of aromatic nitrogens is 4. The molecule has 2 rings (SSSR count). The predicted octanol–water partition coefficient (Wildman–Crippen LogP) is 0.0864. The third-order valence-electron chi connectivity index (χ3n) is 3.57. The van der Waals surface area contributed by atoms with Gasteiger partial charge in [0.05, 0.1) is 6.54 Å². The molecule has 140 valence electrons. The standard InChI is InChI=1S/C16H22N6O4/c1-8(2)5-11(15(25)26)19-12(23)7-17-14(24)13-20-16-18-9(3)6-10(4)22(16)21-13/h6,8,11H,5,7H2,1-4H3,(H,17,24)(H,19,23)(H,25,26)/t11-/m0/s1. The van der Waals surface area contributed by atoms with E-state index in [1.54, 1.807) is 6.07 Å². The van der Waals surface area contributed by atoms with Crippen LogP contribution >= 0.6 is 0 Å². The number of carboxylic acid groups (broad SMARTS) is 1. The van der Waals surface area contributed by atoms with Gasteiger partial charge in [0.1, 0.15) is 6.04 Å². The number of fused-ring (bicyclic) bond motifs is 1. The van der Waals surface area contributed by atoms with E-state index in [9.17, 15) is 14.4 Å². The van der Waals surface area contributed by atoms with Crippen molar-refractivity contribution in [1.82, 2.24) is 30.2 Å². The Morgan fingerprint density at radius 2 is 1.92 bits per heavy atom. The highest BCUT2D eigenvalue weighted by molar-refractivity contribution is 5.94. The Hall–Kier alpha value is -3.04. The number of nitrogens with zero attached hydrogens (tertiary/aromatic N) is 4. The normalized spacial score (nSPS) is 12.2. The maximum atomic E-state index is 12.1. The van der Waals surface area contributed by atoms with Gasteiger partial charge in [-0.05, 0) is 32.3 Å². The van der Waals surface area contributed by atoms with Crippen LogP contribution in [0.15, 0.2) is 6.07 Å². The molecule has 0 bridgehead atoms. The molecule has 26 heavy (non-hydrogen) atoms. The second-order valence-corrected chi connectivity index (χ2v) is 6.46. The topological polar surface area (TPSA) is 139 Å². The van der Waals surface area contributed by atoms with Crippen molar-refractivity contribution in [2.75, 3.05) is 6.54 Å². The maximum absolute atomic E-state index is 12.1. The number of carboxylic acids is 1. The summed E-state index contributed by atoms with van der Waals surface area (Å²) >= 11 is 0. The van der Waals surface area contributed by atoms with Gasteiger partial charge in [-0.1, -0.05) is 13.8 Å². The number of amides is 2. The minimum atomic E-state index is -1.11. The minimum absolute atomic E-state index is 0.104. The summed E-state index contributed by atoms with van der Waals surface area (Å²) in [5.41, 5.74) is 1.52. The molecule has 0 fully saturated rings. The first-order valence-electron chi connectivity index (χ1n) is 8.18. The molecular weight excluding hydrogens is 340 g/mol. The van der Waals surface area contributed by atoms with Crippen LogP contribution in [0.4, 0.5) is 0 Å². The SMILES string of the molecule is Cc1cc(C)n2nc(C(=O)NCC(=O)N[C@@H](CC(C)C)C(=O)O)nc2n1. The molecule has 10 nitrogen and oxygen atoms in total. The second-order valence-electron chi connectivity index (χ2n) is 6.46. The van der Waals surface area contributed by atoms with E-state index in [1.807, 2.05) is 27.7 Å². The fraction of sp³-hybridized carbons (Fsp3) is 0.500. The number of rotatable bonds is 7. The van der Waals surface area contributed by atoms with Gasteiger partial charge in [0, 0.05) is 11.4 Å². The third kappa shape index (κ3) is 4.74. The molecule has 0 aliphatic heterocycles. The average Bonchev–Trinajstić information content (AvgIpc) is 2.95. The highest BCUT2D eigenvalue weighted by atomic mass is 16.4. The van der Waals surface area contributed by atoms with E-state index in [0.717, 1.165) is 11.4 Å². The Morgan fingerprint density at radius 3 is 2.54 bits per heavy atom. The Balaban J connectivity index is 1.98. The first kappa shape index (κ1) is 19.3. The second kappa shape index (κ2) is 7.89. The van der Waals surface area contributed by atoms with Crippen molar-refractivity contribution in [3.05, 3.63) is 23.3 Å². The molecule has 2 heterocycles. The third-order valence-corrected chi connectivity index (χ3v) is 3.57. The number of hydrogen-bond donors (Lipinski definition) is 3. The van der Waals surface area contributed by atoms with Crippen molar-refractivity contribution in [3.8, 4) is 0 Å². The lowest BCUT2D eigenvalue weighted by Crippen LogP contribution is -2.46. The van der Waals surface area contributed by atoms with Crippen molar-refractivity contribution in [2.45, 2.75) is 40.2 Å². The fourth-order valence-corrected chi connectivity index (χ4v) is 2.44. The van der Waals surface area contributed by atoms with Crippen molar-refractivity contribution in [3.63, 3.8) is 0 Å². The summed E-state index contributed by atoms with van der Waals surface area (Å²) in [5.74, 6) is -2.07. The van der Waals surface area contributed by atoms with Crippen LogP contribution in [0.5, 0.6) is 0 Å². The van der Waals surface area contributed by atoms with Crippen LogP contribution in [0.25, 0.3) is 5.78 Å². The predicted molar refractivity (Wildman–Crippen MR) is 91.6 cm³/mol. The fourth-order valence-electron chi connectivity index (χ4n) is 2.44. The zero-order chi connectivity index (χ0) is 19.4. The lowest BCUT2D eigenvalue weighted by molar-refractivity contribution is -0.142. The van der Waals surface area contributed by atoms with Crippen LogP contribution < -0.4 is 10.6 Å². The molecule has 0 saturated heterocycles. The van der Waals surface area contributed by atoms with Crippen molar-refractivity contribution < 1.29 is 19.5 Å². The Kier molecular flexibility index (Phi) is 5.86. The first-order chi connectivity index (χ1) is 12.2. The van der Waals surface area contributed by atoms with Gasteiger partial charge in [0.15, 0.2) is 0 Å². The van der Waals surface area contributed by atoms with E-state index in [4.69, 9.17) is 5.11 Å². The molecule has 0 aromatic carbocycles. The van der Waals surface area contributed by atoms with E-state index < -0.39 is 23.8 Å². The highest BCUT2D eigenvalue weighted by Gasteiger charge is 2.22. The first-order valence-corrected chi connectivity index (χ1v) is 8.18. The summed E-state index contributed by atoms with van der Waals surface area (Å²) in [7, 11) is 0. The van der Waals surface area contributed by atoms with Gasteiger partial charge in [-0.15, -0.1) is 5.10 Å². The van der Waals surface area contributed by atoms with Crippen LogP contribution in [-0.2, 0) is 9.59 Å². The molecule has 1 atom stereocenters.